The summed E-state index contributed by atoms with van der Waals surface area (Å²) >= 11 is 12.0. The second-order valence-corrected chi connectivity index (χ2v) is 4.54. The SMILES string of the molecule is CC(N)C1CNc2c(Cl)cc(Cl)cc21. The third-order valence-electron chi connectivity index (χ3n) is 2.62. The van der Waals surface area contributed by atoms with Crippen molar-refractivity contribution in [1.29, 1.82) is 0 Å². The number of benzene rings is 1. The normalized spacial score (nSPS) is 21.6. The summed E-state index contributed by atoms with van der Waals surface area (Å²) in [5, 5.41) is 4.60. The van der Waals surface area contributed by atoms with E-state index < -0.39 is 0 Å². The summed E-state index contributed by atoms with van der Waals surface area (Å²) in [5.41, 5.74) is 8.01. The lowest BCUT2D eigenvalue weighted by Crippen LogP contribution is -2.25. The first kappa shape index (κ1) is 10.1. The number of nitrogens with two attached hydrogens (primary N) is 1. The van der Waals surface area contributed by atoms with Crippen LogP contribution in [0.2, 0.25) is 10.0 Å². The fraction of sp³-hybridized carbons (Fsp3) is 0.400. The standard InChI is InChI=1S/C10H12Cl2N2/c1-5(13)8-4-14-10-7(8)2-6(11)3-9(10)12/h2-3,5,8,14H,4,13H2,1H3. The number of hydrogen-bond acceptors (Lipinski definition) is 2. The Kier molecular flexibility index (Phi) is 2.60. The van der Waals surface area contributed by atoms with E-state index in [1.807, 2.05) is 13.0 Å². The molecule has 2 nitrogen and oxygen atoms in total. The summed E-state index contributed by atoms with van der Waals surface area (Å²) in [7, 11) is 0. The highest BCUT2D eigenvalue weighted by Crippen LogP contribution is 2.40. The Morgan fingerprint density at radius 2 is 2.21 bits per heavy atom. The average Bonchev–Trinajstić information content (AvgIpc) is 2.47. The predicted octanol–water partition coefficient (Wildman–Crippen LogP) is 2.85. The minimum atomic E-state index is 0.110. The molecule has 1 aromatic rings. The molecule has 0 aromatic heterocycles. The summed E-state index contributed by atoms with van der Waals surface area (Å²) in [6.45, 7) is 2.84. The van der Waals surface area contributed by atoms with Crippen molar-refractivity contribution in [1.82, 2.24) is 0 Å². The van der Waals surface area contributed by atoms with Crippen molar-refractivity contribution in [3.05, 3.63) is 27.7 Å². The van der Waals surface area contributed by atoms with Crippen LogP contribution < -0.4 is 11.1 Å². The van der Waals surface area contributed by atoms with E-state index in [-0.39, 0.29) is 6.04 Å². The Labute approximate surface area is 93.4 Å². The van der Waals surface area contributed by atoms with Gasteiger partial charge in [-0.05, 0) is 24.6 Å². The minimum Gasteiger partial charge on any atom is -0.383 e. The van der Waals surface area contributed by atoms with Crippen molar-refractivity contribution in [2.24, 2.45) is 5.73 Å². The van der Waals surface area contributed by atoms with E-state index in [2.05, 4.69) is 5.32 Å². The van der Waals surface area contributed by atoms with Crippen molar-refractivity contribution >= 4 is 28.9 Å². The molecular formula is C10H12Cl2N2. The number of hydrogen-bond donors (Lipinski definition) is 2. The molecule has 1 heterocycles. The van der Waals surface area contributed by atoms with Crippen LogP contribution in [0.15, 0.2) is 12.1 Å². The smallest absolute Gasteiger partial charge is 0.0655 e. The van der Waals surface area contributed by atoms with E-state index in [0.29, 0.717) is 16.0 Å². The van der Waals surface area contributed by atoms with Crippen molar-refractivity contribution in [3.8, 4) is 0 Å². The van der Waals surface area contributed by atoms with Crippen molar-refractivity contribution in [3.63, 3.8) is 0 Å². The Hall–Kier alpha value is -0.440. The molecule has 2 atom stereocenters. The molecule has 0 aliphatic carbocycles. The van der Waals surface area contributed by atoms with Gasteiger partial charge in [0.15, 0.2) is 0 Å². The van der Waals surface area contributed by atoms with Crippen molar-refractivity contribution < 1.29 is 0 Å². The van der Waals surface area contributed by atoms with Crippen LogP contribution in [0.5, 0.6) is 0 Å². The van der Waals surface area contributed by atoms with Gasteiger partial charge in [-0.1, -0.05) is 23.2 Å². The molecule has 1 aliphatic heterocycles. The van der Waals surface area contributed by atoms with Gasteiger partial charge in [-0.15, -0.1) is 0 Å². The highest BCUT2D eigenvalue weighted by Gasteiger charge is 2.27. The van der Waals surface area contributed by atoms with E-state index in [1.165, 1.54) is 0 Å². The molecule has 76 valence electrons. The highest BCUT2D eigenvalue weighted by molar-refractivity contribution is 6.36. The zero-order valence-electron chi connectivity index (χ0n) is 7.85. The molecule has 3 N–H and O–H groups in total. The molecule has 0 radical (unpaired) electrons. The molecule has 0 spiro atoms. The van der Waals surface area contributed by atoms with Crippen LogP contribution in [0.25, 0.3) is 0 Å². The maximum Gasteiger partial charge on any atom is 0.0655 e. The van der Waals surface area contributed by atoms with E-state index in [4.69, 9.17) is 28.9 Å². The van der Waals surface area contributed by atoms with E-state index in [1.54, 1.807) is 6.07 Å². The summed E-state index contributed by atoms with van der Waals surface area (Å²) in [6.07, 6.45) is 0. The molecule has 0 amide bonds. The molecular weight excluding hydrogens is 219 g/mol. The fourth-order valence-electron chi connectivity index (χ4n) is 1.86. The van der Waals surface area contributed by atoms with Gasteiger partial charge in [0.05, 0.1) is 10.7 Å². The number of rotatable bonds is 1. The number of nitrogens with one attached hydrogen (secondary N) is 1. The molecule has 2 rings (SSSR count). The molecule has 0 saturated heterocycles. The Morgan fingerprint density at radius 3 is 2.86 bits per heavy atom. The molecule has 4 heteroatoms. The van der Waals surface area contributed by atoms with Gasteiger partial charge >= 0.3 is 0 Å². The zero-order valence-corrected chi connectivity index (χ0v) is 9.36. The first-order chi connectivity index (χ1) is 6.59. The maximum atomic E-state index is 6.06. The number of fused-ring (bicyclic) bond motifs is 1. The van der Waals surface area contributed by atoms with E-state index in [9.17, 15) is 0 Å². The van der Waals surface area contributed by atoms with Gasteiger partial charge in [0.25, 0.3) is 0 Å². The second kappa shape index (κ2) is 3.61. The van der Waals surface area contributed by atoms with Crippen molar-refractivity contribution in [2.75, 3.05) is 11.9 Å². The lowest BCUT2D eigenvalue weighted by Gasteiger charge is -2.14. The van der Waals surface area contributed by atoms with Crippen LogP contribution in [0.4, 0.5) is 5.69 Å². The molecule has 0 fully saturated rings. The fourth-order valence-corrected chi connectivity index (χ4v) is 2.44. The van der Waals surface area contributed by atoms with Crippen LogP contribution >= 0.6 is 23.2 Å². The number of anilines is 1. The minimum absolute atomic E-state index is 0.110. The van der Waals surface area contributed by atoms with Crippen LogP contribution in [-0.2, 0) is 0 Å². The maximum absolute atomic E-state index is 6.06. The Morgan fingerprint density at radius 1 is 1.50 bits per heavy atom. The van der Waals surface area contributed by atoms with Gasteiger partial charge in [0.1, 0.15) is 0 Å². The number of halogens is 2. The Bertz CT molecular complexity index is 363. The largest absolute Gasteiger partial charge is 0.383 e. The first-order valence-electron chi connectivity index (χ1n) is 4.58. The van der Waals surface area contributed by atoms with Crippen LogP contribution in [0.1, 0.15) is 18.4 Å². The van der Waals surface area contributed by atoms with Gasteiger partial charge in [-0.3, -0.25) is 0 Å². The molecule has 1 aromatic carbocycles. The van der Waals surface area contributed by atoms with Crippen LogP contribution in [0.3, 0.4) is 0 Å². The summed E-state index contributed by atoms with van der Waals surface area (Å²) < 4.78 is 0. The quantitative estimate of drug-likeness (QED) is 0.779. The van der Waals surface area contributed by atoms with E-state index >= 15 is 0 Å². The van der Waals surface area contributed by atoms with Crippen LogP contribution in [-0.4, -0.2) is 12.6 Å². The Balaban J connectivity index is 2.49. The van der Waals surface area contributed by atoms with Crippen molar-refractivity contribution in [2.45, 2.75) is 18.9 Å². The summed E-state index contributed by atoms with van der Waals surface area (Å²) in [4.78, 5) is 0. The lowest BCUT2D eigenvalue weighted by molar-refractivity contribution is 0.610. The predicted molar refractivity (Wildman–Crippen MR) is 61.3 cm³/mol. The topological polar surface area (TPSA) is 38.0 Å². The summed E-state index contributed by atoms with van der Waals surface area (Å²) in [5.74, 6) is 0.307. The molecule has 0 bridgehead atoms. The van der Waals surface area contributed by atoms with Gasteiger partial charge in [0.2, 0.25) is 0 Å². The summed E-state index contributed by atoms with van der Waals surface area (Å²) in [6, 6.07) is 3.80. The van der Waals surface area contributed by atoms with Gasteiger partial charge in [-0.25, -0.2) is 0 Å². The molecule has 1 aliphatic rings. The zero-order chi connectivity index (χ0) is 10.3. The second-order valence-electron chi connectivity index (χ2n) is 3.70. The highest BCUT2D eigenvalue weighted by atomic mass is 35.5. The van der Waals surface area contributed by atoms with Gasteiger partial charge in [0, 0.05) is 23.5 Å². The molecule has 2 unspecified atom stereocenters. The first-order valence-corrected chi connectivity index (χ1v) is 5.33. The third kappa shape index (κ3) is 1.58. The van der Waals surface area contributed by atoms with E-state index in [0.717, 1.165) is 17.8 Å². The lowest BCUT2D eigenvalue weighted by atomic mass is 9.95. The molecule has 14 heavy (non-hydrogen) atoms. The molecule has 0 saturated carbocycles. The van der Waals surface area contributed by atoms with Crippen LogP contribution in [0, 0.1) is 0 Å². The van der Waals surface area contributed by atoms with Gasteiger partial charge < -0.3 is 11.1 Å². The van der Waals surface area contributed by atoms with Gasteiger partial charge in [-0.2, -0.15) is 0 Å². The average molecular weight is 231 g/mol. The third-order valence-corrected chi connectivity index (χ3v) is 3.13. The monoisotopic (exact) mass is 230 g/mol.